The van der Waals surface area contributed by atoms with E-state index in [4.69, 9.17) is 0 Å². The molecule has 0 aliphatic heterocycles. The highest BCUT2D eigenvalue weighted by Gasteiger charge is 2.13. The van der Waals surface area contributed by atoms with E-state index in [1.54, 1.807) is 6.20 Å². The second-order valence-corrected chi connectivity index (χ2v) is 7.70. The molecule has 0 radical (unpaired) electrons. The van der Waals surface area contributed by atoms with Gasteiger partial charge in [0.2, 0.25) is 10.0 Å². The van der Waals surface area contributed by atoms with E-state index < -0.39 is 15.9 Å². The van der Waals surface area contributed by atoms with Gasteiger partial charge in [-0.3, -0.25) is 9.52 Å². The van der Waals surface area contributed by atoms with Crippen LogP contribution in [0.4, 0.5) is 5.69 Å². The van der Waals surface area contributed by atoms with Crippen molar-refractivity contribution in [3.05, 3.63) is 39.8 Å². The lowest BCUT2D eigenvalue weighted by Gasteiger charge is -2.09. The van der Waals surface area contributed by atoms with Crippen LogP contribution in [0.5, 0.6) is 5.75 Å². The number of anilines is 1. The molecule has 3 N–H and O–H groups in total. The Hall–Kier alpha value is -2.13. The van der Waals surface area contributed by atoms with Crippen molar-refractivity contribution in [3.63, 3.8) is 0 Å². The van der Waals surface area contributed by atoms with Gasteiger partial charge >= 0.3 is 0 Å². The predicted molar refractivity (Wildman–Crippen MR) is 84.6 cm³/mol. The van der Waals surface area contributed by atoms with Crippen LogP contribution >= 0.6 is 11.3 Å². The Kier molecular flexibility index (Phi) is 4.67. The summed E-state index contributed by atoms with van der Waals surface area (Å²) in [6, 6.07) is 3.92. The Morgan fingerprint density at radius 2 is 2.14 bits per heavy atom. The molecule has 0 bridgehead atoms. The second kappa shape index (κ2) is 6.32. The van der Waals surface area contributed by atoms with Gasteiger partial charge in [-0.25, -0.2) is 13.4 Å². The molecule has 0 unspecified atom stereocenters. The minimum Gasteiger partial charge on any atom is -0.507 e. The van der Waals surface area contributed by atoms with Gasteiger partial charge in [-0.1, -0.05) is 0 Å². The van der Waals surface area contributed by atoms with Crippen LogP contribution in [-0.2, 0) is 16.6 Å². The molecule has 0 saturated heterocycles. The van der Waals surface area contributed by atoms with Crippen molar-refractivity contribution in [1.82, 2.24) is 10.3 Å². The summed E-state index contributed by atoms with van der Waals surface area (Å²) in [6.45, 7) is 2.15. The third kappa shape index (κ3) is 4.43. The molecule has 2 rings (SSSR count). The summed E-state index contributed by atoms with van der Waals surface area (Å²) in [5, 5.41) is 13.3. The van der Waals surface area contributed by atoms with E-state index in [-0.39, 0.29) is 23.5 Å². The minimum absolute atomic E-state index is 0.00473. The highest BCUT2D eigenvalue weighted by atomic mass is 32.2. The number of nitrogens with one attached hydrogen (secondary N) is 2. The van der Waals surface area contributed by atoms with E-state index in [2.05, 4.69) is 15.0 Å². The topological polar surface area (TPSA) is 108 Å². The summed E-state index contributed by atoms with van der Waals surface area (Å²) in [6.07, 6.45) is 2.67. The molecule has 1 heterocycles. The first-order valence-corrected chi connectivity index (χ1v) is 8.96. The molecule has 0 aliphatic rings. The van der Waals surface area contributed by atoms with Gasteiger partial charge in [0.25, 0.3) is 5.91 Å². The smallest absolute Gasteiger partial charge is 0.255 e. The Labute approximate surface area is 132 Å². The van der Waals surface area contributed by atoms with Crippen molar-refractivity contribution in [3.8, 4) is 5.75 Å². The lowest BCUT2D eigenvalue weighted by molar-refractivity contribution is 0.0948. The van der Waals surface area contributed by atoms with Gasteiger partial charge in [0.05, 0.1) is 23.4 Å². The fourth-order valence-corrected chi connectivity index (χ4v) is 3.03. The number of sulfonamides is 1. The molecule has 118 valence electrons. The van der Waals surface area contributed by atoms with E-state index in [0.717, 1.165) is 16.1 Å². The van der Waals surface area contributed by atoms with Gasteiger partial charge < -0.3 is 10.4 Å². The van der Waals surface area contributed by atoms with Crippen LogP contribution in [-0.4, -0.2) is 30.7 Å². The summed E-state index contributed by atoms with van der Waals surface area (Å²) >= 11 is 1.46. The number of carbonyl (C=O) groups is 1. The molecule has 0 saturated carbocycles. The van der Waals surface area contributed by atoms with E-state index in [1.165, 1.54) is 29.5 Å². The molecule has 1 aromatic carbocycles. The van der Waals surface area contributed by atoms with Gasteiger partial charge in [0, 0.05) is 16.8 Å². The van der Waals surface area contributed by atoms with Crippen molar-refractivity contribution in [2.75, 3.05) is 11.0 Å². The summed E-state index contributed by atoms with van der Waals surface area (Å²) < 4.78 is 24.7. The number of aromatic hydroxyl groups is 1. The third-order valence-electron chi connectivity index (χ3n) is 2.64. The number of phenols is 1. The molecule has 0 fully saturated rings. The molecule has 1 amide bonds. The van der Waals surface area contributed by atoms with Crippen LogP contribution in [0.1, 0.15) is 20.2 Å². The van der Waals surface area contributed by atoms with Crippen LogP contribution in [0.15, 0.2) is 24.4 Å². The maximum Gasteiger partial charge on any atom is 0.255 e. The number of hydrogen-bond donors (Lipinski definition) is 3. The van der Waals surface area contributed by atoms with E-state index in [9.17, 15) is 18.3 Å². The quantitative estimate of drug-likeness (QED) is 0.714. The normalized spacial score (nSPS) is 11.2. The first-order valence-electron chi connectivity index (χ1n) is 6.25. The SMILES string of the molecule is Cc1ncc(CNC(=O)c2cc(NS(C)(=O)=O)ccc2O)s1. The van der Waals surface area contributed by atoms with Crippen molar-refractivity contribution in [1.29, 1.82) is 0 Å². The number of aryl methyl sites for hydroxylation is 1. The maximum atomic E-state index is 12.1. The van der Waals surface area contributed by atoms with Crippen molar-refractivity contribution in [2.45, 2.75) is 13.5 Å². The number of nitrogens with zero attached hydrogens (tertiary/aromatic N) is 1. The Morgan fingerprint density at radius 1 is 1.41 bits per heavy atom. The minimum atomic E-state index is -3.45. The highest BCUT2D eigenvalue weighted by Crippen LogP contribution is 2.22. The van der Waals surface area contributed by atoms with E-state index >= 15 is 0 Å². The molecule has 22 heavy (non-hydrogen) atoms. The first-order chi connectivity index (χ1) is 10.2. The lowest BCUT2D eigenvalue weighted by Crippen LogP contribution is -2.22. The second-order valence-electron chi connectivity index (χ2n) is 4.63. The van der Waals surface area contributed by atoms with Gasteiger partial charge in [0.15, 0.2) is 0 Å². The fraction of sp³-hybridized carbons (Fsp3) is 0.231. The molecule has 0 aliphatic carbocycles. The molecular formula is C13H15N3O4S2. The number of phenolic OH excluding ortho intramolecular Hbond substituents is 1. The molecule has 9 heteroatoms. The molecular weight excluding hydrogens is 326 g/mol. The van der Waals surface area contributed by atoms with Crippen LogP contribution in [0.2, 0.25) is 0 Å². The summed E-state index contributed by atoms with van der Waals surface area (Å²) in [5.74, 6) is -0.724. The van der Waals surface area contributed by atoms with Crippen LogP contribution < -0.4 is 10.0 Å². The van der Waals surface area contributed by atoms with Gasteiger partial charge in [0.1, 0.15) is 5.75 Å². The zero-order valence-electron chi connectivity index (χ0n) is 12.0. The zero-order chi connectivity index (χ0) is 16.3. The molecule has 7 nitrogen and oxygen atoms in total. The summed E-state index contributed by atoms with van der Waals surface area (Å²) in [4.78, 5) is 17.1. The molecule has 1 aromatic heterocycles. The Morgan fingerprint density at radius 3 is 2.73 bits per heavy atom. The predicted octanol–water partition coefficient (Wildman–Crippen LogP) is 1.46. The molecule has 0 atom stereocenters. The lowest BCUT2D eigenvalue weighted by atomic mass is 10.1. The number of thiazole rings is 1. The zero-order valence-corrected chi connectivity index (χ0v) is 13.6. The average molecular weight is 341 g/mol. The van der Waals surface area contributed by atoms with E-state index in [0.29, 0.717) is 0 Å². The average Bonchev–Trinajstić information content (AvgIpc) is 2.82. The first kappa shape index (κ1) is 16.2. The van der Waals surface area contributed by atoms with Crippen LogP contribution in [0.25, 0.3) is 0 Å². The van der Waals surface area contributed by atoms with Gasteiger partial charge in [-0.05, 0) is 25.1 Å². The maximum absolute atomic E-state index is 12.1. The van der Waals surface area contributed by atoms with Gasteiger partial charge in [-0.15, -0.1) is 11.3 Å². The fourth-order valence-electron chi connectivity index (χ4n) is 1.75. The number of benzene rings is 1. The largest absolute Gasteiger partial charge is 0.507 e. The van der Waals surface area contributed by atoms with Gasteiger partial charge in [-0.2, -0.15) is 0 Å². The van der Waals surface area contributed by atoms with Crippen molar-refractivity contribution < 1.29 is 18.3 Å². The Bertz CT molecular complexity index is 799. The summed E-state index contributed by atoms with van der Waals surface area (Å²) in [7, 11) is -3.45. The number of hydrogen-bond acceptors (Lipinski definition) is 6. The summed E-state index contributed by atoms with van der Waals surface area (Å²) in [5.41, 5.74) is 0.203. The van der Waals surface area contributed by atoms with Crippen molar-refractivity contribution >= 4 is 33.0 Å². The highest BCUT2D eigenvalue weighted by molar-refractivity contribution is 7.92. The standard InChI is InChI=1S/C13H15N3O4S2/c1-8-14-6-10(21-8)7-15-13(18)11-5-9(3-4-12(11)17)16-22(2,19)20/h3-6,16-17H,7H2,1-2H3,(H,15,18). The van der Waals surface area contributed by atoms with Crippen LogP contribution in [0, 0.1) is 6.92 Å². The number of aromatic nitrogens is 1. The van der Waals surface area contributed by atoms with Crippen molar-refractivity contribution in [2.24, 2.45) is 0 Å². The van der Waals surface area contributed by atoms with Crippen LogP contribution in [0.3, 0.4) is 0 Å². The molecule has 2 aromatic rings. The molecule has 0 spiro atoms. The van der Waals surface area contributed by atoms with E-state index in [1.807, 2.05) is 6.92 Å². The monoisotopic (exact) mass is 341 g/mol. The number of rotatable bonds is 5. The Balaban J connectivity index is 2.12. The number of carbonyl (C=O) groups excluding carboxylic acids is 1. The number of amides is 1. The third-order valence-corrected chi connectivity index (χ3v) is 4.16.